The van der Waals surface area contributed by atoms with Crippen LogP contribution < -0.4 is 0 Å². The molecule has 1 saturated carbocycles. The lowest BCUT2D eigenvalue weighted by molar-refractivity contribution is -0.161. The van der Waals surface area contributed by atoms with Crippen LogP contribution in [0.3, 0.4) is 0 Å². The van der Waals surface area contributed by atoms with E-state index in [4.69, 9.17) is 0 Å². The van der Waals surface area contributed by atoms with Gasteiger partial charge in [-0.3, -0.25) is 9.59 Å². The number of hydrogen-bond donors (Lipinski definition) is 0. The highest BCUT2D eigenvalue weighted by molar-refractivity contribution is 5.97. The Labute approximate surface area is 115 Å². The number of nitrogens with zero attached hydrogens (tertiary/aromatic N) is 2. The minimum absolute atomic E-state index is 0.156. The fraction of sp³-hybridized carbons (Fsp3) is 0.867. The van der Waals surface area contributed by atoms with E-state index in [1.165, 1.54) is 12.8 Å². The molecule has 3 aliphatic rings. The van der Waals surface area contributed by atoms with Gasteiger partial charge in [0.1, 0.15) is 12.1 Å². The first-order valence-corrected chi connectivity index (χ1v) is 7.76. The minimum Gasteiger partial charge on any atom is -0.329 e. The number of hydrogen-bond acceptors (Lipinski definition) is 2. The predicted molar refractivity (Wildman–Crippen MR) is 72.5 cm³/mol. The molecule has 0 N–H and O–H groups in total. The molecule has 3 atom stereocenters. The van der Waals surface area contributed by atoms with Crippen molar-refractivity contribution in [1.82, 2.24) is 9.80 Å². The maximum atomic E-state index is 12.7. The zero-order valence-electron chi connectivity index (χ0n) is 12.0. The van der Waals surface area contributed by atoms with Crippen molar-refractivity contribution in [3.8, 4) is 0 Å². The Morgan fingerprint density at radius 1 is 1.21 bits per heavy atom. The van der Waals surface area contributed by atoms with Gasteiger partial charge < -0.3 is 9.80 Å². The summed E-state index contributed by atoms with van der Waals surface area (Å²) < 4.78 is 0. The average molecular weight is 264 g/mol. The fourth-order valence-electron chi connectivity index (χ4n) is 3.72. The van der Waals surface area contributed by atoms with Crippen molar-refractivity contribution in [2.24, 2.45) is 5.92 Å². The lowest BCUT2D eigenvalue weighted by Crippen LogP contribution is -2.64. The van der Waals surface area contributed by atoms with E-state index in [0.717, 1.165) is 38.1 Å². The predicted octanol–water partition coefficient (Wildman–Crippen LogP) is 1.79. The zero-order valence-corrected chi connectivity index (χ0v) is 12.0. The minimum atomic E-state index is -0.259. The second-order valence-electron chi connectivity index (χ2n) is 6.35. The van der Waals surface area contributed by atoms with Crippen molar-refractivity contribution in [2.45, 2.75) is 70.5 Å². The van der Waals surface area contributed by atoms with E-state index in [1.54, 1.807) is 0 Å². The van der Waals surface area contributed by atoms with Crippen LogP contribution in [0.2, 0.25) is 0 Å². The number of rotatable bonds is 4. The van der Waals surface area contributed by atoms with Crippen molar-refractivity contribution >= 4 is 11.8 Å². The first kappa shape index (κ1) is 12.9. The third-order valence-corrected chi connectivity index (χ3v) is 5.02. The number of fused-ring (bicyclic) bond motifs is 1. The van der Waals surface area contributed by atoms with Crippen LogP contribution in [-0.2, 0) is 9.59 Å². The molecular formula is C15H24N2O2. The molecule has 4 nitrogen and oxygen atoms in total. The molecule has 0 aromatic heterocycles. The molecule has 0 spiro atoms. The first-order valence-electron chi connectivity index (χ1n) is 7.76. The maximum Gasteiger partial charge on any atom is 0.246 e. The molecule has 19 heavy (non-hydrogen) atoms. The normalized spacial score (nSPS) is 32.7. The second-order valence-corrected chi connectivity index (χ2v) is 6.35. The lowest BCUT2D eigenvalue weighted by atomic mass is 9.98. The molecule has 0 radical (unpaired) electrons. The number of amides is 2. The smallest absolute Gasteiger partial charge is 0.246 e. The fourth-order valence-corrected chi connectivity index (χ4v) is 3.72. The molecule has 2 saturated heterocycles. The molecule has 2 aliphatic heterocycles. The molecule has 106 valence electrons. The summed E-state index contributed by atoms with van der Waals surface area (Å²) in [5.41, 5.74) is 0. The molecule has 0 bridgehead atoms. The summed E-state index contributed by atoms with van der Waals surface area (Å²) in [4.78, 5) is 28.9. The Morgan fingerprint density at radius 3 is 2.58 bits per heavy atom. The van der Waals surface area contributed by atoms with Gasteiger partial charge in [0, 0.05) is 12.6 Å². The van der Waals surface area contributed by atoms with Crippen LogP contribution in [0, 0.1) is 5.92 Å². The third-order valence-electron chi connectivity index (χ3n) is 5.02. The number of carbonyl (C=O) groups is 2. The van der Waals surface area contributed by atoms with Crippen LogP contribution in [0.5, 0.6) is 0 Å². The molecule has 2 amide bonds. The van der Waals surface area contributed by atoms with Gasteiger partial charge in [0.2, 0.25) is 11.8 Å². The van der Waals surface area contributed by atoms with Crippen LogP contribution in [-0.4, -0.2) is 46.3 Å². The molecule has 1 aliphatic carbocycles. The van der Waals surface area contributed by atoms with E-state index >= 15 is 0 Å². The maximum absolute atomic E-state index is 12.7. The van der Waals surface area contributed by atoms with Crippen LogP contribution in [0.15, 0.2) is 0 Å². The van der Waals surface area contributed by atoms with Crippen LogP contribution in [0.25, 0.3) is 0 Å². The van der Waals surface area contributed by atoms with Gasteiger partial charge in [0.15, 0.2) is 0 Å². The topological polar surface area (TPSA) is 40.6 Å². The van der Waals surface area contributed by atoms with Gasteiger partial charge in [0.25, 0.3) is 0 Å². The molecular weight excluding hydrogens is 240 g/mol. The van der Waals surface area contributed by atoms with E-state index in [9.17, 15) is 9.59 Å². The summed E-state index contributed by atoms with van der Waals surface area (Å²) in [6.45, 7) is 4.82. The van der Waals surface area contributed by atoms with Gasteiger partial charge in [-0.25, -0.2) is 0 Å². The quantitative estimate of drug-likeness (QED) is 0.776. The van der Waals surface area contributed by atoms with Gasteiger partial charge in [-0.15, -0.1) is 0 Å². The third kappa shape index (κ3) is 2.15. The molecule has 3 rings (SSSR count). The monoisotopic (exact) mass is 264 g/mol. The summed E-state index contributed by atoms with van der Waals surface area (Å²) in [7, 11) is 0. The summed E-state index contributed by atoms with van der Waals surface area (Å²) in [5.74, 6) is 1.16. The zero-order chi connectivity index (χ0) is 13.6. The standard InChI is InChI=1S/C15H24N2O2/c1-3-12(9-11-6-7-11)17-10(2)14(18)16-8-4-5-13(16)15(17)19/h10-13H,3-9H2,1-2H3. The van der Waals surface area contributed by atoms with E-state index in [1.807, 2.05) is 16.7 Å². The highest BCUT2D eigenvalue weighted by Crippen LogP contribution is 2.37. The van der Waals surface area contributed by atoms with Gasteiger partial charge in [0.05, 0.1) is 0 Å². The molecule has 0 aromatic rings. The summed E-state index contributed by atoms with van der Waals surface area (Å²) >= 11 is 0. The van der Waals surface area contributed by atoms with E-state index in [0.29, 0.717) is 0 Å². The SMILES string of the molecule is CCC(CC1CC1)N1C(=O)C2CCCN2C(=O)C1C. The Kier molecular flexibility index (Phi) is 3.27. The lowest BCUT2D eigenvalue weighted by Gasteiger charge is -2.44. The first-order chi connectivity index (χ1) is 9.13. The Balaban J connectivity index is 1.81. The van der Waals surface area contributed by atoms with Crippen molar-refractivity contribution < 1.29 is 9.59 Å². The molecule has 4 heteroatoms. The van der Waals surface area contributed by atoms with Crippen molar-refractivity contribution in [3.63, 3.8) is 0 Å². The Morgan fingerprint density at radius 2 is 1.95 bits per heavy atom. The summed E-state index contributed by atoms with van der Waals surface area (Å²) in [6, 6.07) is -0.149. The van der Waals surface area contributed by atoms with Crippen LogP contribution in [0.1, 0.15) is 52.4 Å². The summed E-state index contributed by atoms with van der Waals surface area (Å²) in [6.07, 6.45) is 6.49. The summed E-state index contributed by atoms with van der Waals surface area (Å²) in [5, 5.41) is 0. The van der Waals surface area contributed by atoms with Gasteiger partial charge in [-0.2, -0.15) is 0 Å². The van der Waals surface area contributed by atoms with Crippen molar-refractivity contribution in [1.29, 1.82) is 0 Å². The second kappa shape index (κ2) is 4.80. The Hall–Kier alpha value is -1.06. The highest BCUT2D eigenvalue weighted by Gasteiger charge is 2.48. The van der Waals surface area contributed by atoms with Crippen molar-refractivity contribution in [2.75, 3.05) is 6.54 Å². The van der Waals surface area contributed by atoms with Gasteiger partial charge >= 0.3 is 0 Å². The number of carbonyl (C=O) groups excluding carboxylic acids is 2. The van der Waals surface area contributed by atoms with Gasteiger partial charge in [-0.1, -0.05) is 19.8 Å². The van der Waals surface area contributed by atoms with Crippen LogP contribution >= 0.6 is 0 Å². The number of piperazine rings is 1. The van der Waals surface area contributed by atoms with Crippen molar-refractivity contribution in [3.05, 3.63) is 0 Å². The van der Waals surface area contributed by atoms with E-state index in [-0.39, 0.29) is 29.9 Å². The molecule has 2 heterocycles. The van der Waals surface area contributed by atoms with Gasteiger partial charge in [-0.05, 0) is 38.5 Å². The average Bonchev–Trinajstić information content (AvgIpc) is 3.08. The highest BCUT2D eigenvalue weighted by atomic mass is 16.2. The Bertz CT molecular complexity index is 392. The molecule has 0 aromatic carbocycles. The van der Waals surface area contributed by atoms with E-state index < -0.39 is 0 Å². The molecule has 3 fully saturated rings. The van der Waals surface area contributed by atoms with Crippen LogP contribution in [0.4, 0.5) is 0 Å². The largest absolute Gasteiger partial charge is 0.329 e. The molecule has 3 unspecified atom stereocenters. The van der Waals surface area contributed by atoms with E-state index in [2.05, 4.69) is 6.92 Å².